The van der Waals surface area contributed by atoms with Crippen LogP contribution in [-0.2, 0) is 0 Å². The minimum absolute atomic E-state index is 0.161. The molecule has 0 radical (unpaired) electrons. The number of aliphatic hydroxyl groups excluding tert-OH is 1. The third kappa shape index (κ3) is 3.78. The molecule has 0 fully saturated rings. The van der Waals surface area contributed by atoms with Crippen molar-refractivity contribution < 1.29 is 14.8 Å². The number of amides is 1. The molecule has 1 aromatic rings. The van der Waals surface area contributed by atoms with Crippen molar-refractivity contribution >= 4 is 27.5 Å². The lowest BCUT2D eigenvalue weighted by Crippen LogP contribution is -2.36. The number of carbonyl (C=O) groups is 1. The zero-order valence-electron chi connectivity index (χ0n) is 9.72. The number of nitrogens with zero attached hydrogens (tertiary/aromatic N) is 1. The van der Waals surface area contributed by atoms with E-state index in [1.807, 2.05) is 6.92 Å². The number of non-ortho nitro benzene ring substituents is 1. The Balaban J connectivity index is 2.95. The summed E-state index contributed by atoms with van der Waals surface area (Å²) >= 11 is 3.12. The minimum Gasteiger partial charge on any atom is -0.394 e. The fraction of sp³-hybridized carbons (Fsp3) is 0.364. The van der Waals surface area contributed by atoms with E-state index in [2.05, 4.69) is 21.2 Å². The first-order valence-corrected chi connectivity index (χ1v) is 6.14. The summed E-state index contributed by atoms with van der Waals surface area (Å²) in [6, 6.07) is 3.66. The summed E-state index contributed by atoms with van der Waals surface area (Å²) in [6.45, 7) is 1.66. The molecule has 7 heteroatoms. The second-order valence-electron chi connectivity index (χ2n) is 3.72. The Morgan fingerprint density at radius 3 is 2.72 bits per heavy atom. The molecule has 1 atom stereocenters. The first-order chi connectivity index (χ1) is 8.47. The molecular formula is C11H13BrN2O4. The van der Waals surface area contributed by atoms with Crippen LogP contribution in [0.3, 0.4) is 0 Å². The molecule has 18 heavy (non-hydrogen) atoms. The quantitative estimate of drug-likeness (QED) is 0.640. The molecule has 6 nitrogen and oxygen atoms in total. The molecule has 98 valence electrons. The van der Waals surface area contributed by atoms with E-state index in [9.17, 15) is 14.9 Å². The lowest BCUT2D eigenvalue weighted by molar-refractivity contribution is -0.385. The van der Waals surface area contributed by atoms with Crippen LogP contribution in [0.25, 0.3) is 0 Å². The van der Waals surface area contributed by atoms with Crippen LogP contribution < -0.4 is 5.32 Å². The summed E-state index contributed by atoms with van der Waals surface area (Å²) in [5.74, 6) is -0.444. The highest BCUT2D eigenvalue weighted by Gasteiger charge is 2.16. The number of hydrogen-bond acceptors (Lipinski definition) is 4. The Kier molecular flexibility index (Phi) is 5.24. The van der Waals surface area contributed by atoms with Crippen LogP contribution in [0.4, 0.5) is 5.69 Å². The van der Waals surface area contributed by atoms with E-state index < -0.39 is 10.8 Å². The molecule has 0 heterocycles. The molecule has 0 aromatic heterocycles. The first kappa shape index (κ1) is 14.6. The lowest BCUT2D eigenvalue weighted by Gasteiger charge is -2.13. The van der Waals surface area contributed by atoms with Gasteiger partial charge in [-0.15, -0.1) is 0 Å². The van der Waals surface area contributed by atoms with Crippen LogP contribution in [0.5, 0.6) is 0 Å². The molecule has 0 saturated heterocycles. The monoisotopic (exact) mass is 316 g/mol. The van der Waals surface area contributed by atoms with Crippen molar-refractivity contribution in [2.75, 3.05) is 6.61 Å². The van der Waals surface area contributed by atoms with E-state index in [0.717, 1.165) is 0 Å². The van der Waals surface area contributed by atoms with Gasteiger partial charge in [-0.05, 0) is 12.5 Å². The summed E-state index contributed by atoms with van der Waals surface area (Å²) in [5, 5.41) is 22.3. The molecule has 0 bridgehead atoms. The Morgan fingerprint density at radius 2 is 2.22 bits per heavy atom. The number of carbonyl (C=O) groups excluding carboxylic acids is 1. The molecule has 1 unspecified atom stereocenters. The molecule has 0 aliphatic rings. The standard InChI is InChI=1S/C11H13BrN2O4/c1-2-9(6-15)13-11(16)7-3-8(12)5-10(4-7)14(17)18/h3-5,9,15H,2,6H2,1H3,(H,13,16). The number of hydrogen-bond donors (Lipinski definition) is 2. The lowest BCUT2D eigenvalue weighted by atomic mass is 10.1. The zero-order chi connectivity index (χ0) is 13.7. The molecular weight excluding hydrogens is 304 g/mol. The van der Waals surface area contributed by atoms with Crippen LogP contribution in [0.2, 0.25) is 0 Å². The highest BCUT2D eigenvalue weighted by molar-refractivity contribution is 9.10. The Bertz CT molecular complexity index is 460. The fourth-order valence-electron chi connectivity index (χ4n) is 1.36. The zero-order valence-corrected chi connectivity index (χ0v) is 11.3. The fourth-order valence-corrected chi connectivity index (χ4v) is 1.84. The molecule has 1 amide bonds. The summed E-state index contributed by atoms with van der Waals surface area (Å²) < 4.78 is 0.457. The number of nitrogens with one attached hydrogen (secondary N) is 1. The Labute approximate surface area is 112 Å². The van der Waals surface area contributed by atoms with Crippen LogP contribution in [0.15, 0.2) is 22.7 Å². The summed E-state index contributed by atoms with van der Waals surface area (Å²) in [7, 11) is 0. The van der Waals surface area contributed by atoms with Crippen molar-refractivity contribution in [3.8, 4) is 0 Å². The van der Waals surface area contributed by atoms with Crippen LogP contribution >= 0.6 is 15.9 Å². The topological polar surface area (TPSA) is 92.5 Å². The molecule has 0 aliphatic carbocycles. The number of benzene rings is 1. The Morgan fingerprint density at radius 1 is 1.56 bits per heavy atom. The maximum Gasteiger partial charge on any atom is 0.271 e. The number of aliphatic hydroxyl groups is 1. The van der Waals surface area contributed by atoms with E-state index in [1.54, 1.807) is 0 Å². The van der Waals surface area contributed by atoms with Crippen molar-refractivity contribution in [3.05, 3.63) is 38.3 Å². The molecule has 1 aromatic carbocycles. The molecule has 1 rings (SSSR count). The maximum atomic E-state index is 11.8. The largest absolute Gasteiger partial charge is 0.394 e. The molecule has 0 saturated carbocycles. The van der Waals surface area contributed by atoms with E-state index in [4.69, 9.17) is 5.11 Å². The molecule has 2 N–H and O–H groups in total. The average molecular weight is 317 g/mol. The van der Waals surface area contributed by atoms with Crippen LogP contribution in [0.1, 0.15) is 23.7 Å². The summed E-state index contributed by atoms with van der Waals surface area (Å²) in [4.78, 5) is 21.9. The number of nitro groups is 1. The van der Waals surface area contributed by atoms with Gasteiger partial charge in [-0.3, -0.25) is 14.9 Å². The normalized spacial score (nSPS) is 11.9. The van der Waals surface area contributed by atoms with Gasteiger partial charge in [-0.2, -0.15) is 0 Å². The van der Waals surface area contributed by atoms with E-state index in [-0.39, 0.29) is 23.9 Å². The SMILES string of the molecule is CCC(CO)NC(=O)c1cc(Br)cc([N+](=O)[O-])c1. The summed E-state index contributed by atoms with van der Waals surface area (Å²) in [5.41, 5.74) is 0.0227. The van der Waals surface area contributed by atoms with Crippen molar-refractivity contribution in [1.29, 1.82) is 0 Å². The van der Waals surface area contributed by atoms with Gasteiger partial charge in [0.25, 0.3) is 11.6 Å². The minimum atomic E-state index is -0.565. The van der Waals surface area contributed by atoms with Gasteiger partial charge in [-0.1, -0.05) is 22.9 Å². The second-order valence-corrected chi connectivity index (χ2v) is 4.63. The van der Waals surface area contributed by atoms with Crippen molar-refractivity contribution in [1.82, 2.24) is 5.32 Å². The maximum absolute atomic E-state index is 11.8. The number of rotatable bonds is 5. The first-order valence-electron chi connectivity index (χ1n) is 5.34. The van der Waals surface area contributed by atoms with E-state index in [1.165, 1.54) is 18.2 Å². The second kappa shape index (κ2) is 6.46. The smallest absolute Gasteiger partial charge is 0.271 e. The van der Waals surface area contributed by atoms with E-state index in [0.29, 0.717) is 10.9 Å². The van der Waals surface area contributed by atoms with Crippen LogP contribution in [0, 0.1) is 10.1 Å². The summed E-state index contributed by atoms with van der Waals surface area (Å²) in [6.07, 6.45) is 0.582. The predicted molar refractivity (Wildman–Crippen MR) is 69.4 cm³/mol. The van der Waals surface area contributed by atoms with Crippen molar-refractivity contribution in [2.24, 2.45) is 0 Å². The van der Waals surface area contributed by atoms with Gasteiger partial charge < -0.3 is 10.4 Å². The van der Waals surface area contributed by atoms with Crippen LogP contribution in [-0.4, -0.2) is 28.6 Å². The van der Waals surface area contributed by atoms with Crippen molar-refractivity contribution in [3.63, 3.8) is 0 Å². The van der Waals surface area contributed by atoms with Gasteiger partial charge in [0.1, 0.15) is 0 Å². The predicted octanol–water partition coefficient (Wildman–Crippen LogP) is 1.86. The van der Waals surface area contributed by atoms with Gasteiger partial charge >= 0.3 is 0 Å². The number of nitro benzene ring substituents is 1. The van der Waals surface area contributed by atoms with Gasteiger partial charge in [0.05, 0.1) is 17.6 Å². The highest BCUT2D eigenvalue weighted by Crippen LogP contribution is 2.21. The van der Waals surface area contributed by atoms with Gasteiger partial charge in [-0.25, -0.2) is 0 Å². The Hall–Kier alpha value is -1.47. The average Bonchev–Trinajstić information content (AvgIpc) is 2.34. The third-order valence-corrected chi connectivity index (χ3v) is 2.86. The van der Waals surface area contributed by atoms with E-state index >= 15 is 0 Å². The highest BCUT2D eigenvalue weighted by atomic mass is 79.9. The van der Waals surface area contributed by atoms with Gasteiger partial charge in [0, 0.05) is 22.2 Å². The van der Waals surface area contributed by atoms with Crippen molar-refractivity contribution in [2.45, 2.75) is 19.4 Å². The molecule has 0 spiro atoms. The third-order valence-electron chi connectivity index (χ3n) is 2.40. The number of halogens is 1. The molecule has 0 aliphatic heterocycles. The van der Waals surface area contributed by atoms with Gasteiger partial charge in [0.2, 0.25) is 0 Å². The van der Waals surface area contributed by atoms with Gasteiger partial charge in [0.15, 0.2) is 0 Å².